The van der Waals surface area contributed by atoms with Crippen molar-refractivity contribution in [2.24, 2.45) is 0 Å². The highest BCUT2D eigenvalue weighted by Crippen LogP contribution is 2.32. The van der Waals surface area contributed by atoms with Crippen LogP contribution in [-0.4, -0.2) is 28.2 Å². The van der Waals surface area contributed by atoms with Gasteiger partial charge in [-0.25, -0.2) is 0 Å². The summed E-state index contributed by atoms with van der Waals surface area (Å²) in [5, 5.41) is 20.4. The molecule has 0 radical (unpaired) electrons. The smallest absolute Gasteiger partial charge is 0.160 e. The van der Waals surface area contributed by atoms with E-state index >= 15 is 0 Å². The number of likely N-dealkylation sites (tertiary alicyclic amines) is 1. The van der Waals surface area contributed by atoms with E-state index in [0.29, 0.717) is 0 Å². The predicted molar refractivity (Wildman–Crippen MR) is 128 cm³/mol. The largest absolute Gasteiger partial charge is 0.504 e. The van der Waals surface area contributed by atoms with Crippen molar-refractivity contribution in [3.63, 3.8) is 0 Å². The van der Waals surface area contributed by atoms with E-state index in [1.165, 1.54) is 96.3 Å². The van der Waals surface area contributed by atoms with Crippen LogP contribution in [-0.2, 0) is 13.0 Å². The van der Waals surface area contributed by atoms with E-state index < -0.39 is 0 Å². The van der Waals surface area contributed by atoms with E-state index in [4.69, 9.17) is 0 Å². The van der Waals surface area contributed by atoms with Gasteiger partial charge in [-0.1, -0.05) is 96.5 Å². The second kappa shape index (κ2) is 15.6. The minimum atomic E-state index is 0.0502. The molecule has 0 atom stereocenters. The molecule has 1 aliphatic rings. The number of phenolic OH excluding ortho intramolecular Hbond substituents is 2. The molecule has 172 valence electrons. The van der Waals surface area contributed by atoms with Crippen molar-refractivity contribution in [3.05, 3.63) is 23.3 Å². The van der Waals surface area contributed by atoms with E-state index in [1.807, 2.05) is 0 Å². The number of phenols is 2. The fourth-order valence-corrected chi connectivity index (χ4v) is 4.73. The standard InChI is InChI=1S/C27H47NO2/c1-2-3-4-5-6-7-8-9-10-11-12-13-15-18-25-21-24(22-26(29)27(25)30)23-28-19-16-14-17-20-28/h21-22,29-30H,2-20,23H2,1H3. The van der Waals surface area contributed by atoms with E-state index in [0.717, 1.165) is 43.6 Å². The van der Waals surface area contributed by atoms with Gasteiger partial charge < -0.3 is 10.2 Å². The Kier molecular flexibility index (Phi) is 13.0. The molecule has 0 amide bonds. The fourth-order valence-electron chi connectivity index (χ4n) is 4.73. The number of benzene rings is 1. The fraction of sp³-hybridized carbons (Fsp3) is 0.778. The Bertz CT molecular complexity index is 566. The molecule has 0 spiro atoms. The van der Waals surface area contributed by atoms with Crippen molar-refractivity contribution in [2.75, 3.05) is 13.1 Å². The lowest BCUT2D eigenvalue weighted by Gasteiger charge is -2.26. The van der Waals surface area contributed by atoms with Crippen LogP contribution in [0.1, 0.15) is 121 Å². The zero-order chi connectivity index (χ0) is 21.4. The van der Waals surface area contributed by atoms with Gasteiger partial charge in [0.25, 0.3) is 0 Å². The molecule has 1 fully saturated rings. The normalized spacial score (nSPS) is 15.0. The summed E-state index contributed by atoms with van der Waals surface area (Å²) in [5.41, 5.74) is 2.06. The third kappa shape index (κ3) is 10.2. The van der Waals surface area contributed by atoms with Crippen LogP contribution in [0.5, 0.6) is 11.5 Å². The number of unbranched alkanes of at least 4 members (excludes halogenated alkanes) is 12. The summed E-state index contributed by atoms with van der Waals surface area (Å²) in [7, 11) is 0. The first-order valence-electron chi connectivity index (χ1n) is 13.0. The molecule has 1 aromatic rings. The van der Waals surface area contributed by atoms with Gasteiger partial charge in [-0.2, -0.15) is 0 Å². The van der Waals surface area contributed by atoms with Crippen LogP contribution in [0.3, 0.4) is 0 Å². The van der Waals surface area contributed by atoms with Crippen LogP contribution in [0, 0.1) is 0 Å². The minimum absolute atomic E-state index is 0.0502. The monoisotopic (exact) mass is 417 g/mol. The van der Waals surface area contributed by atoms with Crippen molar-refractivity contribution in [2.45, 2.75) is 123 Å². The molecule has 30 heavy (non-hydrogen) atoms. The number of aryl methyl sites for hydroxylation is 1. The van der Waals surface area contributed by atoms with E-state index in [-0.39, 0.29) is 11.5 Å². The van der Waals surface area contributed by atoms with E-state index in [9.17, 15) is 10.2 Å². The summed E-state index contributed by atoms with van der Waals surface area (Å²) in [6.45, 7) is 5.46. The maximum Gasteiger partial charge on any atom is 0.160 e. The van der Waals surface area contributed by atoms with Crippen LogP contribution in [0.4, 0.5) is 0 Å². The third-order valence-corrected chi connectivity index (χ3v) is 6.63. The zero-order valence-electron chi connectivity index (χ0n) is 19.6. The van der Waals surface area contributed by atoms with Crippen LogP contribution >= 0.6 is 0 Å². The Morgan fingerprint density at radius 2 is 1.23 bits per heavy atom. The minimum Gasteiger partial charge on any atom is -0.504 e. The Labute approximate surface area is 185 Å². The molecule has 3 nitrogen and oxygen atoms in total. The van der Waals surface area contributed by atoms with Crippen molar-refractivity contribution in [1.29, 1.82) is 0 Å². The van der Waals surface area contributed by atoms with Gasteiger partial charge in [-0.15, -0.1) is 0 Å². The highest BCUT2D eigenvalue weighted by Gasteiger charge is 2.14. The summed E-state index contributed by atoms with van der Waals surface area (Å²) >= 11 is 0. The maximum atomic E-state index is 10.3. The average Bonchev–Trinajstić information content (AvgIpc) is 2.75. The Morgan fingerprint density at radius 1 is 0.700 bits per heavy atom. The Morgan fingerprint density at radius 3 is 1.80 bits per heavy atom. The molecule has 2 rings (SSSR count). The number of nitrogens with zero attached hydrogens (tertiary/aromatic N) is 1. The Balaban J connectivity index is 1.56. The van der Waals surface area contributed by atoms with Crippen molar-refractivity contribution in [3.8, 4) is 11.5 Å². The molecule has 1 heterocycles. The van der Waals surface area contributed by atoms with Gasteiger partial charge in [-0.05, 0) is 56.0 Å². The summed E-state index contributed by atoms with van der Waals surface area (Å²) < 4.78 is 0. The molecule has 1 aromatic carbocycles. The predicted octanol–water partition coefficient (Wildman–Crippen LogP) is 7.72. The van der Waals surface area contributed by atoms with Crippen LogP contribution in [0.15, 0.2) is 12.1 Å². The summed E-state index contributed by atoms with van der Waals surface area (Å²) in [4.78, 5) is 2.46. The molecule has 1 saturated heterocycles. The number of rotatable bonds is 16. The van der Waals surface area contributed by atoms with Gasteiger partial charge in [0.15, 0.2) is 11.5 Å². The lowest BCUT2D eigenvalue weighted by molar-refractivity contribution is 0.220. The molecule has 2 N–H and O–H groups in total. The second-order valence-corrected chi connectivity index (χ2v) is 9.45. The maximum absolute atomic E-state index is 10.3. The Hall–Kier alpha value is -1.22. The summed E-state index contributed by atoms with van der Waals surface area (Å²) in [6, 6.07) is 3.86. The van der Waals surface area contributed by atoms with Crippen LogP contribution < -0.4 is 0 Å². The molecule has 0 aromatic heterocycles. The van der Waals surface area contributed by atoms with Gasteiger partial charge in [0.1, 0.15) is 0 Å². The van der Waals surface area contributed by atoms with E-state index in [2.05, 4.69) is 17.9 Å². The molecule has 3 heteroatoms. The molecule has 0 unspecified atom stereocenters. The summed E-state index contributed by atoms with van der Waals surface area (Å²) in [5.74, 6) is 0.144. The van der Waals surface area contributed by atoms with E-state index in [1.54, 1.807) is 6.07 Å². The highest BCUT2D eigenvalue weighted by atomic mass is 16.3. The number of hydrogen-bond donors (Lipinski definition) is 2. The topological polar surface area (TPSA) is 43.7 Å². The SMILES string of the molecule is CCCCCCCCCCCCCCCc1cc(CN2CCCCC2)cc(O)c1O. The first kappa shape index (κ1) is 25.0. The van der Waals surface area contributed by atoms with Gasteiger partial charge in [0.05, 0.1) is 0 Å². The van der Waals surface area contributed by atoms with Crippen molar-refractivity contribution >= 4 is 0 Å². The van der Waals surface area contributed by atoms with Crippen LogP contribution in [0.2, 0.25) is 0 Å². The molecular formula is C27H47NO2. The van der Waals surface area contributed by atoms with Crippen molar-refractivity contribution < 1.29 is 10.2 Å². The van der Waals surface area contributed by atoms with Gasteiger partial charge >= 0.3 is 0 Å². The van der Waals surface area contributed by atoms with Gasteiger partial charge in [0, 0.05) is 6.54 Å². The van der Waals surface area contributed by atoms with Gasteiger partial charge in [0.2, 0.25) is 0 Å². The third-order valence-electron chi connectivity index (χ3n) is 6.63. The molecule has 0 bridgehead atoms. The zero-order valence-corrected chi connectivity index (χ0v) is 19.6. The summed E-state index contributed by atoms with van der Waals surface area (Å²) in [6.07, 6.45) is 22.3. The quantitative estimate of drug-likeness (QED) is 0.214. The highest BCUT2D eigenvalue weighted by molar-refractivity contribution is 5.47. The molecule has 0 aliphatic carbocycles. The lowest BCUT2D eigenvalue weighted by Crippen LogP contribution is -2.29. The van der Waals surface area contributed by atoms with Crippen LogP contribution in [0.25, 0.3) is 0 Å². The molecule has 1 aliphatic heterocycles. The number of hydrogen-bond acceptors (Lipinski definition) is 3. The van der Waals surface area contributed by atoms with Gasteiger partial charge in [-0.3, -0.25) is 4.90 Å². The average molecular weight is 418 g/mol. The first-order valence-corrected chi connectivity index (χ1v) is 13.0. The second-order valence-electron chi connectivity index (χ2n) is 9.45. The first-order chi connectivity index (χ1) is 14.7. The molecule has 0 saturated carbocycles. The number of piperidine rings is 1. The number of aromatic hydroxyl groups is 2. The van der Waals surface area contributed by atoms with Crippen molar-refractivity contribution in [1.82, 2.24) is 4.90 Å². The lowest BCUT2D eigenvalue weighted by atomic mass is 10.0. The molecular weight excluding hydrogens is 370 g/mol.